The number of carbonyl (C=O) groups excluding carboxylic acids is 1. The second kappa shape index (κ2) is 6.73. The molecule has 0 fully saturated rings. The van der Waals surface area contributed by atoms with E-state index < -0.39 is 11.7 Å². The molecule has 1 aliphatic heterocycles. The summed E-state index contributed by atoms with van der Waals surface area (Å²) >= 11 is 3.11. The van der Waals surface area contributed by atoms with Crippen molar-refractivity contribution < 1.29 is 18.0 Å². The van der Waals surface area contributed by atoms with Crippen molar-refractivity contribution in [3.8, 4) is 10.4 Å². The van der Waals surface area contributed by atoms with Gasteiger partial charge in [0.05, 0.1) is 10.4 Å². The van der Waals surface area contributed by atoms with Crippen molar-refractivity contribution in [3.63, 3.8) is 0 Å². The summed E-state index contributed by atoms with van der Waals surface area (Å²) in [4.78, 5) is 16.9. The number of hydrogen-bond acceptors (Lipinski definition) is 3. The van der Waals surface area contributed by atoms with Crippen LogP contribution < -0.4 is 4.90 Å². The zero-order chi connectivity index (χ0) is 19.2. The average molecular weight is 405 g/mol. The summed E-state index contributed by atoms with van der Waals surface area (Å²) in [5.41, 5.74) is 1.64. The van der Waals surface area contributed by atoms with Crippen LogP contribution in [-0.4, -0.2) is 13.0 Å². The average Bonchev–Trinajstić information content (AvgIpc) is 3.11. The van der Waals surface area contributed by atoms with E-state index in [9.17, 15) is 18.0 Å². The van der Waals surface area contributed by atoms with Gasteiger partial charge < -0.3 is 4.90 Å². The van der Waals surface area contributed by atoms with Crippen molar-refractivity contribution in [2.45, 2.75) is 16.8 Å². The van der Waals surface area contributed by atoms with Gasteiger partial charge in [-0.05, 0) is 35.9 Å². The molecule has 1 aromatic heterocycles. The van der Waals surface area contributed by atoms with E-state index in [4.69, 9.17) is 0 Å². The van der Waals surface area contributed by atoms with Gasteiger partial charge in [-0.1, -0.05) is 24.3 Å². The van der Waals surface area contributed by atoms with Crippen LogP contribution in [0.25, 0.3) is 10.4 Å². The van der Waals surface area contributed by atoms with E-state index in [1.165, 1.54) is 40.3 Å². The minimum absolute atomic E-state index is 0.218. The van der Waals surface area contributed by atoms with Gasteiger partial charge in [0.1, 0.15) is 0 Å². The molecule has 7 heteroatoms. The van der Waals surface area contributed by atoms with Crippen molar-refractivity contribution in [3.05, 3.63) is 70.6 Å². The third-order valence-corrected chi connectivity index (χ3v) is 6.72. The van der Waals surface area contributed by atoms with Gasteiger partial charge in [-0.3, -0.25) is 4.79 Å². The van der Waals surface area contributed by atoms with E-state index in [1.807, 2.05) is 24.3 Å². The van der Waals surface area contributed by atoms with Gasteiger partial charge in [0.2, 0.25) is 0 Å². The Balaban J connectivity index is 1.66. The molecular weight excluding hydrogens is 391 g/mol. The Kier molecular flexibility index (Phi) is 4.52. The van der Waals surface area contributed by atoms with Gasteiger partial charge in [0.25, 0.3) is 5.91 Å². The fraction of sp³-hybridized carbons (Fsp3) is 0.150. The van der Waals surface area contributed by atoms with Gasteiger partial charge in [0, 0.05) is 33.8 Å². The zero-order valence-electron chi connectivity index (χ0n) is 14.2. The van der Waals surface area contributed by atoms with Crippen LogP contribution in [0.3, 0.4) is 0 Å². The summed E-state index contributed by atoms with van der Waals surface area (Å²) in [5, 5.41) is 0. The van der Waals surface area contributed by atoms with Gasteiger partial charge >= 0.3 is 6.18 Å². The molecule has 0 bridgehead atoms. The summed E-state index contributed by atoms with van der Waals surface area (Å²) in [6.45, 7) is 0. The third kappa shape index (κ3) is 3.37. The molecule has 0 spiro atoms. The lowest BCUT2D eigenvalue weighted by Crippen LogP contribution is -2.25. The summed E-state index contributed by atoms with van der Waals surface area (Å²) < 4.78 is 38.8. The number of alkyl halides is 3. The molecule has 0 saturated carbocycles. The Labute approximate surface area is 162 Å². The molecule has 3 aromatic rings. The van der Waals surface area contributed by atoms with Crippen molar-refractivity contribution >= 4 is 34.7 Å². The van der Waals surface area contributed by atoms with Gasteiger partial charge in [-0.15, -0.1) is 23.1 Å². The van der Waals surface area contributed by atoms with Crippen LogP contribution in [0.2, 0.25) is 0 Å². The first-order valence-electron chi connectivity index (χ1n) is 8.15. The first-order valence-corrected chi connectivity index (χ1v) is 9.95. The molecular formula is C20H14F3NOS2. The molecule has 0 saturated heterocycles. The normalized spacial score (nSPS) is 13.0. The van der Waals surface area contributed by atoms with Gasteiger partial charge in [0.15, 0.2) is 0 Å². The highest BCUT2D eigenvalue weighted by molar-refractivity contribution is 7.98. The maximum absolute atomic E-state index is 12.9. The number of nitrogens with zero attached hydrogens (tertiary/aromatic N) is 1. The second-order valence-corrected chi connectivity index (χ2v) is 8.23. The Morgan fingerprint density at radius 2 is 1.85 bits per heavy atom. The summed E-state index contributed by atoms with van der Waals surface area (Å²) in [7, 11) is 1.50. The number of thiophene rings is 1. The van der Waals surface area contributed by atoms with Crippen molar-refractivity contribution in [1.29, 1.82) is 0 Å². The summed E-state index contributed by atoms with van der Waals surface area (Å²) in [6, 6.07) is 14.7. The largest absolute Gasteiger partial charge is 0.416 e. The Bertz CT molecular complexity index is 1030. The van der Waals surface area contributed by atoms with Crippen LogP contribution in [0.1, 0.15) is 20.8 Å². The number of benzene rings is 2. The smallest absolute Gasteiger partial charge is 0.311 e. The maximum atomic E-state index is 12.9. The van der Waals surface area contributed by atoms with Crippen molar-refractivity contribution in [1.82, 2.24) is 0 Å². The first-order chi connectivity index (χ1) is 12.8. The van der Waals surface area contributed by atoms with Crippen LogP contribution in [0.15, 0.2) is 59.5 Å². The standard InChI is InChI=1S/C20H14F3NOS2/c1-24(14-6-4-5-13(10-14)20(21,22)23)19(25)17-9-12-11-26-16-8-3-2-7-15(16)18(12)27-17/h2-10H,11H2,1H3. The highest BCUT2D eigenvalue weighted by Gasteiger charge is 2.31. The number of anilines is 1. The molecule has 1 amide bonds. The number of amides is 1. The first kappa shape index (κ1) is 18.1. The zero-order valence-corrected chi connectivity index (χ0v) is 15.8. The molecule has 0 radical (unpaired) electrons. The molecule has 0 unspecified atom stereocenters. The molecule has 0 atom stereocenters. The number of halogens is 3. The highest BCUT2D eigenvalue weighted by atomic mass is 32.2. The Morgan fingerprint density at radius 1 is 1.07 bits per heavy atom. The van der Waals surface area contributed by atoms with E-state index in [1.54, 1.807) is 11.8 Å². The lowest BCUT2D eigenvalue weighted by Gasteiger charge is -2.18. The quantitative estimate of drug-likeness (QED) is 0.497. The Hall–Kier alpha value is -2.25. The maximum Gasteiger partial charge on any atom is 0.416 e. The van der Waals surface area contributed by atoms with Crippen molar-refractivity contribution in [2.24, 2.45) is 0 Å². The number of carbonyl (C=O) groups is 1. The molecule has 2 aromatic carbocycles. The SMILES string of the molecule is CN(C(=O)c1cc2c(s1)-c1ccccc1SC2)c1cccc(C(F)(F)F)c1. The topological polar surface area (TPSA) is 20.3 Å². The van der Waals surface area contributed by atoms with E-state index in [2.05, 4.69) is 6.07 Å². The highest BCUT2D eigenvalue weighted by Crippen LogP contribution is 2.45. The molecule has 2 heterocycles. The fourth-order valence-electron chi connectivity index (χ4n) is 2.98. The van der Waals surface area contributed by atoms with Crippen LogP contribution in [-0.2, 0) is 11.9 Å². The van der Waals surface area contributed by atoms with Crippen LogP contribution in [0.4, 0.5) is 18.9 Å². The molecule has 4 rings (SSSR count). The third-order valence-electron chi connectivity index (χ3n) is 4.40. The Morgan fingerprint density at radius 3 is 2.63 bits per heavy atom. The van der Waals surface area contributed by atoms with Gasteiger partial charge in [-0.25, -0.2) is 0 Å². The van der Waals surface area contributed by atoms with Gasteiger partial charge in [-0.2, -0.15) is 13.2 Å². The minimum atomic E-state index is -4.44. The van der Waals surface area contributed by atoms with E-state index in [-0.39, 0.29) is 11.6 Å². The summed E-state index contributed by atoms with van der Waals surface area (Å²) in [5.74, 6) is 0.472. The predicted molar refractivity (Wildman–Crippen MR) is 103 cm³/mol. The van der Waals surface area contributed by atoms with E-state index in [0.29, 0.717) is 4.88 Å². The van der Waals surface area contributed by atoms with Crippen molar-refractivity contribution in [2.75, 3.05) is 11.9 Å². The summed E-state index contributed by atoms with van der Waals surface area (Å²) in [6.07, 6.45) is -4.44. The number of hydrogen-bond donors (Lipinski definition) is 0. The molecule has 0 aliphatic carbocycles. The number of thioether (sulfide) groups is 1. The lowest BCUT2D eigenvalue weighted by atomic mass is 10.1. The van der Waals surface area contributed by atoms with Crippen LogP contribution in [0.5, 0.6) is 0 Å². The van der Waals surface area contributed by atoms with Crippen LogP contribution in [0, 0.1) is 0 Å². The molecule has 0 N–H and O–H groups in total. The lowest BCUT2D eigenvalue weighted by molar-refractivity contribution is -0.137. The van der Waals surface area contributed by atoms with E-state index in [0.717, 1.165) is 33.9 Å². The van der Waals surface area contributed by atoms with Crippen LogP contribution >= 0.6 is 23.1 Å². The van der Waals surface area contributed by atoms with E-state index >= 15 is 0 Å². The predicted octanol–water partition coefficient (Wildman–Crippen LogP) is 6.32. The molecule has 1 aliphatic rings. The fourth-order valence-corrected chi connectivity index (χ4v) is 5.37. The minimum Gasteiger partial charge on any atom is -0.311 e. The molecule has 138 valence electrons. The second-order valence-electron chi connectivity index (χ2n) is 6.16. The monoisotopic (exact) mass is 405 g/mol. The molecule has 27 heavy (non-hydrogen) atoms. The molecule has 2 nitrogen and oxygen atoms in total. The number of rotatable bonds is 2. The number of fused-ring (bicyclic) bond motifs is 3.